The van der Waals surface area contributed by atoms with Crippen LogP contribution in [0.3, 0.4) is 0 Å². The molecule has 1 saturated heterocycles. The summed E-state index contributed by atoms with van der Waals surface area (Å²) in [7, 11) is 0. The molecule has 1 aliphatic heterocycles. The van der Waals surface area contributed by atoms with Crippen molar-refractivity contribution in [2.45, 2.75) is 20.0 Å². The molecular formula is C20H27N5O2. The minimum absolute atomic E-state index is 0.0900. The number of nitrogens with zero attached hydrogens (tertiary/aromatic N) is 4. The molecular weight excluding hydrogens is 342 g/mol. The van der Waals surface area contributed by atoms with Crippen LogP contribution < -0.4 is 15.0 Å². The summed E-state index contributed by atoms with van der Waals surface area (Å²) < 4.78 is 5.72. The number of rotatable bonds is 7. The predicted molar refractivity (Wildman–Crippen MR) is 105 cm³/mol. The Labute approximate surface area is 160 Å². The Morgan fingerprint density at radius 3 is 2.63 bits per heavy atom. The lowest BCUT2D eigenvalue weighted by Gasteiger charge is -2.34. The molecule has 1 aliphatic rings. The van der Waals surface area contributed by atoms with E-state index in [9.17, 15) is 4.79 Å². The number of hydrogen-bond acceptors (Lipinski definition) is 6. The molecule has 2 heterocycles. The summed E-state index contributed by atoms with van der Waals surface area (Å²) in [6.45, 7) is 8.87. The van der Waals surface area contributed by atoms with Gasteiger partial charge in [0.05, 0.1) is 0 Å². The van der Waals surface area contributed by atoms with Gasteiger partial charge in [0.15, 0.2) is 6.10 Å². The van der Waals surface area contributed by atoms with Crippen molar-refractivity contribution in [2.75, 3.05) is 44.2 Å². The first kappa shape index (κ1) is 19.1. The van der Waals surface area contributed by atoms with Gasteiger partial charge in [-0.05, 0) is 37.6 Å². The van der Waals surface area contributed by atoms with Crippen molar-refractivity contribution in [1.29, 1.82) is 0 Å². The van der Waals surface area contributed by atoms with Gasteiger partial charge in [0.1, 0.15) is 5.75 Å². The monoisotopic (exact) mass is 369 g/mol. The molecule has 0 radical (unpaired) electrons. The quantitative estimate of drug-likeness (QED) is 0.797. The molecule has 0 spiro atoms. The van der Waals surface area contributed by atoms with Crippen LogP contribution >= 0.6 is 0 Å². The summed E-state index contributed by atoms with van der Waals surface area (Å²) in [5.41, 5.74) is 1.11. The molecule has 2 aromatic rings. The molecule has 7 nitrogen and oxygen atoms in total. The smallest absolute Gasteiger partial charge is 0.260 e. The lowest BCUT2D eigenvalue weighted by Crippen LogP contribution is -2.49. The van der Waals surface area contributed by atoms with Crippen molar-refractivity contribution >= 4 is 11.9 Å². The average molecular weight is 369 g/mol. The van der Waals surface area contributed by atoms with E-state index in [1.165, 1.54) is 0 Å². The van der Waals surface area contributed by atoms with Crippen molar-refractivity contribution in [3.05, 3.63) is 48.3 Å². The van der Waals surface area contributed by atoms with Crippen LogP contribution in [0.15, 0.2) is 42.7 Å². The maximum atomic E-state index is 12.2. The number of benzene rings is 1. The van der Waals surface area contributed by atoms with Gasteiger partial charge in [-0.25, -0.2) is 9.97 Å². The van der Waals surface area contributed by atoms with E-state index in [0.29, 0.717) is 6.54 Å². The van der Waals surface area contributed by atoms with Gasteiger partial charge in [0.25, 0.3) is 5.91 Å². The molecule has 1 unspecified atom stereocenters. The van der Waals surface area contributed by atoms with Crippen LogP contribution in [-0.2, 0) is 4.79 Å². The Morgan fingerprint density at radius 1 is 1.19 bits per heavy atom. The molecule has 7 heteroatoms. The number of hydrogen-bond donors (Lipinski definition) is 1. The van der Waals surface area contributed by atoms with Gasteiger partial charge in [-0.2, -0.15) is 0 Å². The third-order valence-electron chi connectivity index (χ3n) is 4.61. The third kappa shape index (κ3) is 5.65. The van der Waals surface area contributed by atoms with E-state index >= 15 is 0 Å². The summed E-state index contributed by atoms with van der Waals surface area (Å²) >= 11 is 0. The SMILES string of the molecule is Cc1cccc(OC(C)C(=O)NCCN2CCN(c3ncccn3)CC2)c1. The number of piperazine rings is 1. The number of nitrogens with one attached hydrogen (secondary N) is 1. The summed E-state index contributed by atoms with van der Waals surface area (Å²) in [6, 6.07) is 9.55. The molecule has 0 saturated carbocycles. The first-order valence-electron chi connectivity index (χ1n) is 9.37. The molecule has 1 atom stereocenters. The Hall–Kier alpha value is -2.67. The maximum absolute atomic E-state index is 12.2. The van der Waals surface area contributed by atoms with Crippen LogP contribution in [0.25, 0.3) is 0 Å². The van der Waals surface area contributed by atoms with E-state index in [0.717, 1.165) is 50.0 Å². The fraction of sp³-hybridized carbons (Fsp3) is 0.450. The van der Waals surface area contributed by atoms with Gasteiger partial charge in [0.2, 0.25) is 5.95 Å². The molecule has 1 amide bonds. The average Bonchev–Trinajstić information content (AvgIpc) is 2.69. The zero-order valence-corrected chi connectivity index (χ0v) is 16.0. The number of ether oxygens (including phenoxy) is 1. The Morgan fingerprint density at radius 2 is 1.93 bits per heavy atom. The molecule has 1 aromatic carbocycles. The highest BCUT2D eigenvalue weighted by molar-refractivity contribution is 5.80. The largest absolute Gasteiger partial charge is 0.481 e. The van der Waals surface area contributed by atoms with Crippen molar-refractivity contribution in [3.63, 3.8) is 0 Å². The van der Waals surface area contributed by atoms with Crippen LogP contribution in [0.4, 0.5) is 5.95 Å². The molecule has 3 rings (SSSR count). The lowest BCUT2D eigenvalue weighted by atomic mass is 10.2. The molecule has 27 heavy (non-hydrogen) atoms. The van der Waals surface area contributed by atoms with Gasteiger partial charge in [-0.15, -0.1) is 0 Å². The second kappa shape index (κ2) is 9.32. The molecule has 0 aliphatic carbocycles. The van der Waals surface area contributed by atoms with E-state index < -0.39 is 6.10 Å². The van der Waals surface area contributed by atoms with Crippen LogP contribution in [0, 0.1) is 6.92 Å². The fourth-order valence-electron chi connectivity index (χ4n) is 3.05. The van der Waals surface area contributed by atoms with E-state index in [4.69, 9.17) is 4.74 Å². The number of carbonyl (C=O) groups excluding carboxylic acids is 1. The van der Waals surface area contributed by atoms with Crippen molar-refractivity contribution in [1.82, 2.24) is 20.2 Å². The number of amides is 1. The summed E-state index contributed by atoms with van der Waals surface area (Å²) in [6.07, 6.45) is 3.02. The zero-order chi connectivity index (χ0) is 19.1. The maximum Gasteiger partial charge on any atom is 0.260 e. The number of carbonyl (C=O) groups is 1. The highest BCUT2D eigenvalue weighted by atomic mass is 16.5. The summed E-state index contributed by atoms with van der Waals surface area (Å²) in [4.78, 5) is 25.4. The van der Waals surface area contributed by atoms with Gasteiger partial charge in [0, 0.05) is 51.7 Å². The standard InChI is InChI=1S/C20H27N5O2/c1-16-5-3-6-18(15-16)27-17(2)19(26)21-9-10-24-11-13-25(14-12-24)20-22-7-4-8-23-20/h3-8,15,17H,9-14H2,1-2H3,(H,21,26). The Balaban J connectivity index is 1.35. The number of aromatic nitrogens is 2. The van der Waals surface area contributed by atoms with Gasteiger partial charge < -0.3 is 15.0 Å². The fourth-order valence-corrected chi connectivity index (χ4v) is 3.05. The summed E-state index contributed by atoms with van der Waals surface area (Å²) in [5.74, 6) is 1.41. The van der Waals surface area contributed by atoms with Crippen molar-refractivity contribution in [2.24, 2.45) is 0 Å². The Bertz CT molecular complexity index is 732. The van der Waals surface area contributed by atoms with E-state index in [1.807, 2.05) is 37.3 Å². The highest BCUT2D eigenvalue weighted by Gasteiger charge is 2.19. The third-order valence-corrected chi connectivity index (χ3v) is 4.61. The van der Waals surface area contributed by atoms with Crippen LogP contribution in [0.2, 0.25) is 0 Å². The van der Waals surface area contributed by atoms with E-state index in [-0.39, 0.29) is 5.91 Å². The van der Waals surface area contributed by atoms with Crippen LogP contribution in [0.1, 0.15) is 12.5 Å². The number of aryl methyl sites for hydroxylation is 1. The van der Waals surface area contributed by atoms with Gasteiger partial charge >= 0.3 is 0 Å². The van der Waals surface area contributed by atoms with E-state index in [2.05, 4.69) is 25.1 Å². The second-order valence-electron chi connectivity index (χ2n) is 6.75. The minimum atomic E-state index is -0.515. The highest BCUT2D eigenvalue weighted by Crippen LogP contribution is 2.14. The van der Waals surface area contributed by atoms with E-state index in [1.54, 1.807) is 19.3 Å². The van der Waals surface area contributed by atoms with Crippen LogP contribution in [-0.4, -0.2) is 66.1 Å². The van der Waals surface area contributed by atoms with Crippen LogP contribution in [0.5, 0.6) is 5.75 Å². The van der Waals surface area contributed by atoms with Crippen molar-refractivity contribution in [3.8, 4) is 5.75 Å². The summed E-state index contributed by atoms with van der Waals surface area (Å²) in [5, 5.41) is 2.96. The zero-order valence-electron chi connectivity index (χ0n) is 16.0. The normalized spacial score (nSPS) is 16.0. The Kier molecular flexibility index (Phi) is 6.59. The van der Waals surface area contributed by atoms with Crippen molar-refractivity contribution < 1.29 is 9.53 Å². The first-order chi connectivity index (χ1) is 13.1. The first-order valence-corrected chi connectivity index (χ1v) is 9.37. The molecule has 1 N–H and O–H groups in total. The molecule has 1 aromatic heterocycles. The minimum Gasteiger partial charge on any atom is -0.481 e. The lowest BCUT2D eigenvalue weighted by molar-refractivity contribution is -0.127. The topological polar surface area (TPSA) is 70.6 Å². The molecule has 0 bridgehead atoms. The van der Waals surface area contributed by atoms with Gasteiger partial charge in [-0.1, -0.05) is 12.1 Å². The predicted octanol–water partition coefficient (Wildman–Crippen LogP) is 1.49. The van der Waals surface area contributed by atoms with Gasteiger partial charge in [-0.3, -0.25) is 9.69 Å². The molecule has 144 valence electrons. The number of anilines is 1. The second-order valence-corrected chi connectivity index (χ2v) is 6.75. The molecule has 1 fully saturated rings.